The van der Waals surface area contributed by atoms with Gasteiger partial charge in [-0.05, 0) is 24.6 Å². The van der Waals surface area contributed by atoms with Gasteiger partial charge < -0.3 is 15.4 Å². The SMILES string of the molecule is CCCCOC(=O)CSc1nnc(Nc2cccc(NC(C)=O)c2)s1. The predicted octanol–water partition coefficient (Wildman–Crippen LogP) is 3.68. The molecule has 1 aromatic heterocycles. The summed E-state index contributed by atoms with van der Waals surface area (Å²) in [6.07, 6.45) is 1.87. The quantitative estimate of drug-likeness (QED) is 0.389. The van der Waals surface area contributed by atoms with Crippen LogP contribution in [-0.4, -0.2) is 34.4 Å². The third-order valence-corrected chi connectivity index (χ3v) is 4.86. The maximum absolute atomic E-state index is 11.6. The maximum Gasteiger partial charge on any atom is 0.316 e. The Kier molecular flexibility index (Phi) is 7.68. The van der Waals surface area contributed by atoms with E-state index in [0.29, 0.717) is 21.8 Å². The van der Waals surface area contributed by atoms with Crippen LogP contribution in [0.15, 0.2) is 28.6 Å². The number of hydrogen-bond donors (Lipinski definition) is 2. The van der Waals surface area contributed by atoms with Crippen molar-refractivity contribution in [2.45, 2.75) is 31.0 Å². The van der Waals surface area contributed by atoms with E-state index in [4.69, 9.17) is 4.74 Å². The number of anilines is 3. The molecule has 0 aliphatic carbocycles. The average molecular weight is 380 g/mol. The van der Waals surface area contributed by atoms with Crippen LogP contribution in [0.2, 0.25) is 0 Å². The molecule has 0 saturated carbocycles. The van der Waals surface area contributed by atoms with Crippen LogP contribution >= 0.6 is 23.1 Å². The normalized spacial score (nSPS) is 10.3. The number of carbonyl (C=O) groups is 2. The molecule has 0 atom stereocenters. The van der Waals surface area contributed by atoms with E-state index in [1.807, 2.05) is 19.1 Å². The molecule has 25 heavy (non-hydrogen) atoms. The van der Waals surface area contributed by atoms with Gasteiger partial charge in [-0.25, -0.2) is 0 Å². The van der Waals surface area contributed by atoms with Crippen molar-refractivity contribution >= 4 is 51.5 Å². The molecule has 134 valence electrons. The van der Waals surface area contributed by atoms with Crippen molar-refractivity contribution in [2.75, 3.05) is 23.0 Å². The lowest BCUT2D eigenvalue weighted by molar-refractivity contribution is -0.140. The second-order valence-electron chi connectivity index (χ2n) is 5.12. The number of ether oxygens (including phenoxy) is 1. The van der Waals surface area contributed by atoms with Gasteiger partial charge in [0.1, 0.15) is 0 Å². The highest BCUT2D eigenvalue weighted by Crippen LogP contribution is 2.28. The zero-order valence-electron chi connectivity index (χ0n) is 14.1. The highest BCUT2D eigenvalue weighted by atomic mass is 32.2. The monoisotopic (exact) mass is 380 g/mol. The minimum absolute atomic E-state index is 0.127. The molecule has 2 aromatic rings. The summed E-state index contributed by atoms with van der Waals surface area (Å²) in [6.45, 7) is 3.97. The van der Waals surface area contributed by atoms with E-state index in [-0.39, 0.29) is 17.6 Å². The fourth-order valence-corrected chi connectivity index (χ4v) is 3.38. The second kappa shape index (κ2) is 10.00. The Hall–Kier alpha value is -2.13. The summed E-state index contributed by atoms with van der Waals surface area (Å²) in [6, 6.07) is 7.31. The molecule has 0 unspecified atom stereocenters. The van der Waals surface area contributed by atoms with Crippen LogP contribution in [0.1, 0.15) is 26.7 Å². The second-order valence-corrected chi connectivity index (χ2v) is 7.32. The van der Waals surface area contributed by atoms with Crippen molar-refractivity contribution < 1.29 is 14.3 Å². The lowest BCUT2D eigenvalue weighted by Gasteiger charge is -2.05. The van der Waals surface area contributed by atoms with Gasteiger partial charge in [0.05, 0.1) is 12.4 Å². The van der Waals surface area contributed by atoms with Crippen LogP contribution in [0.5, 0.6) is 0 Å². The van der Waals surface area contributed by atoms with Gasteiger partial charge in [0, 0.05) is 18.3 Å². The van der Waals surface area contributed by atoms with Crippen LogP contribution in [0, 0.1) is 0 Å². The van der Waals surface area contributed by atoms with Crippen LogP contribution in [0.25, 0.3) is 0 Å². The summed E-state index contributed by atoms with van der Waals surface area (Å²) in [5.74, 6) is -0.153. The van der Waals surface area contributed by atoms with Crippen molar-refractivity contribution in [3.05, 3.63) is 24.3 Å². The van der Waals surface area contributed by atoms with Crippen molar-refractivity contribution in [1.29, 1.82) is 0 Å². The topological polar surface area (TPSA) is 93.2 Å². The standard InChI is InChI=1S/C16H20N4O3S2/c1-3-4-8-23-14(22)10-24-16-20-19-15(25-16)18-13-7-5-6-12(9-13)17-11(2)21/h5-7,9H,3-4,8,10H2,1-2H3,(H,17,21)(H,18,19). The first-order chi connectivity index (χ1) is 12.1. The first-order valence-electron chi connectivity index (χ1n) is 7.83. The Morgan fingerprint density at radius 3 is 2.84 bits per heavy atom. The molecule has 0 aliphatic heterocycles. The third kappa shape index (κ3) is 7.10. The zero-order chi connectivity index (χ0) is 18.1. The van der Waals surface area contributed by atoms with E-state index in [9.17, 15) is 9.59 Å². The van der Waals surface area contributed by atoms with Gasteiger partial charge in [-0.3, -0.25) is 9.59 Å². The Labute approximate surface area is 154 Å². The van der Waals surface area contributed by atoms with Gasteiger partial charge in [-0.15, -0.1) is 10.2 Å². The van der Waals surface area contributed by atoms with E-state index < -0.39 is 0 Å². The summed E-state index contributed by atoms with van der Waals surface area (Å²) in [7, 11) is 0. The first-order valence-corrected chi connectivity index (χ1v) is 9.63. The van der Waals surface area contributed by atoms with E-state index in [2.05, 4.69) is 20.8 Å². The minimum atomic E-state index is -0.244. The Morgan fingerprint density at radius 1 is 1.28 bits per heavy atom. The van der Waals surface area contributed by atoms with E-state index in [1.54, 1.807) is 12.1 Å². The number of unbranched alkanes of at least 4 members (excludes halogenated alkanes) is 1. The number of nitrogens with one attached hydrogen (secondary N) is 2. The van der Waals surface area contributed by atoms with Crippen molar-refractivity contribution in [3.63, 3.8) is 0 Å². The highest BCUT2D eigenvalue weighted by Gasteiger charge is 2.09. The highest BCUT2D eigenvalue weighted by molar-refractivity contribution is 8.01. The fraction of sp³-hybridized carbons (Fsp3) is 0.375. The van der Waals surface area contributed by atoms with Crippen LogP contribution in [0.4, 0.5) is 16.5 Å². The lowest BCUT2D eigenvalue weighted by Crippen LogP contribution is -2.08. The molecule has 7 nitrogen and oxygen atoms in total. The molecule has 1 heterocycles. The van der Waals surface area contributed by atoms with Gasteiger partial charge in [0.25, 0.3) is 0 Å². The molecule has 0 aliphatic rings. The maximum atomic E-state index is 11.6. The Bertz CT molecular complexity index is 721. The van der Waals surface area contributed by atoms with E-state index >= 15 is 0 Å². The van der Waals surface area contributed by atoms with Crippen LogP contribution < -0.4 is 10.6 Å². The Morgan fingerprint density at radius 2 is 2.08 bits per heavy atom. The number of hydrogen-bond acceptors (Lipinski definition) is 8. The summed E-state index contributed by atoms with van der Waals surface area (Å²) in [4.78, 5) is 22.7. The molecule has 0 fully saturated rings. The number of aromatic nitrogens is 2. The number of amides is 1. The van der Waals surface area contributed by atoms with Crippen molar-refractivity contribution in [2.24, 2.45) is 0 Å². The number of carbonyl (C=O) groups excluding carboxylic acids is 2. The van der Waals surface area contributed by atoms with Gasteiger partial charge in [0.2, 0.25) is 11.0 Å². The van der Waals surface area contributed by atoms with Gasteiger partial charge >= 0.3 is 5.97 Å². The van der Waals surface area contributed by atoms with E-state index in [1.165, 1.54) is 30.0 Å². The molecule has 1 amide bonds. The largest absolute Gasteiger partial charge is 0.465 e. The molecule has 2 N–H and O–H groups in total. The molecule has 0 radical (unpaired) electrons. The van der Waals surface area contributed by atoms with Gasteiger partial charge in [0.15, 0.2) is 4.34 Å². The zero-order valence-corrected chi connectivity index (χ0v) is 15.7. The summed E-state index contributed by atoms with van der Waals surface area (Å²) >= 11 is 2.66. The van der Waals surface area contributed by atoms with Gasteiger partial charge in [-0.2, -0.15) is 0 Å². The van der Waals surface area contributed by atoms with Crippen LogP contribution in [0.3, 0.4) is 0 Å². The van der Waals surface area contributed by atoms with Crippen molar-refractivity contribution in [1.82, 2.24) is 10.2 Å². The number of esters is 1. The molecular weight excluding hydrogens is 360 g/mol. The molecule has 0 bridgehead atoms. The number of benzene rings is 1. The summed E-state index contributed by atoms with van der Waals surface area (Å²) < 4.78 is 5.79. The molecule has 2 rings (SSSR count). The summed E-state index contributed by atoms with van der Waals surface area (Å²) in [5, 5.41) is 14.6. The lowest BCUT2D eigenvalue weighted by atomic mass is 10.3. The Balaban J connectivity index is 1.85. The molecule has 9 heteroatoms. The molecule has 1 aromatic carbocycles. The smallest absolute Gasteiger partial charge is 0.316 e. The van der Waals surface area contributed by atoms with Crippen LogP contribution in [-0.2, 0) is 14.3 Å². The fourth-order valence-electron chi connectivity index (χ4n) is 1.81. The van der Waals surface area contributed by atoms with Crippen molar-refractivity contribution in [3.8, 4) is 0 Å². The first kappa shape index (κ1) is 19.2. The number of rotatable bonds is 9. The molecule has 0 spiro atoms. The van der Waals surface area contributed by atoms with Gasteiger partial charge in [-0.1, -0.05) is 42.5 Å². The number of thioether (sulfide) groups is 1. The summed E-state index contributed by atoms with van der Waals surface area (Å²) in [5.41, 5.74) is 1.49. The molecule has 0 saturated heterocycles. The minimum Gasteiger partial charge on any atom is -0.465 e. The molecular formula is C16H20N4O3S2. The average Bonchev–Trinajstić information content (AvgIpc) is 3.00. The number of nitrogens with zero attached hydrogens (tertiary/aromatic N) is 2. The van der Waals surface area contributed by atoms with E-state index in [0.717, 1.165) is 18.5 Å². The third-order valence-electron chi connectivity index (χ3n) is 2.92. The predicted molar refractivity (Wildman–Crippen MR) is 101 cm³/mol.